The van der Waals surface area contributed by atoms with Crippen LogP contribution in [0.25, 0.3) is 0 Å². The van der Waals surface area contributed by atoms with Gasteiger partial charge in [0.2, 0.25) is 0 Å². The van der Waals surface area contributed by atoms with E-state index in [0.29, 0.717) is 12.7 Å². The first-order valence-corrected chi connectivity index (χ1v) is 4.41. The van der Waals surface area contributed by atoms with Gasteiger partial charge in [0.05, 0.1) is 16.3 Å². The molecule has 0 spiro atoms. The Morgan fingerprint density at radius 1 is 1.80 bits per heavy atom. The van der Waals surface area contributed by atoms with Crippen molar-refractivity contribution in [3.8, 4) is 0 Å². The minimum atomic E-state index is -1.43. The van der Waals surface area contributed by atoms with Crippen molar-refractivity contribution in [2.75, 3.05) is 0 Å². The molecular weight excluding hydrogens is 148 g/mol. The third-order valence-corrected chi connectivity index (χ3v) is 2.38. The maximum atomic E-state index is 10.2. The van der Waals surface area contributed by atoms with E-state index in [1.807, 2.05) is 6.92 Å². The van der Waals surface area contributed by atoms with Crippen LogP contribution in [0.2, 0.25) is 0 Å². The number of hydrogen-bond donors (Lipinski definition) is 2. The molecule has 0 heterocycles. The average Bonchev–Trinajstić information content (AvgIpc) is 1.89. The predicted molar refractivity (Wildman–Crippen MR) is 41.9 cm³/mol. The molecule has 2 N–H and O–H groups in total. The zero-order valence-corrected chi connectivity index (χ0v) is 8.37. The molecule has 0 aromatic heterocycles. The van der Waals surface area contributed by atoms with Gasteiger partial charge >= 0.3 is 0 Å². The molecule has 0 aromatic rings. The van der Waals surface area contributed by atoms with E-state index in [9.17, 15) is 4.79 Å². The number of carbonyl (C=O) groups is 1. The fourth-order valence-electron chi connectivity index (χ4n) is 0.644. The van der Waals surface area contributed by atoms with Gasteiger partial charge in [0.15, 0.2) is 0 Å². The molecule has 0 radical (unpaired) electrons. The first kappa shape index (κ1) is 9.81. The summed E-state index contributed by atoms with van der Waals surface area (Å²) >= 11 is 0. The smallest absolute Gasteiger partial charge is 0.149 e. The number of hydrogen-bond acceptors (Lipinski definition) is 3. The van der Waals surface area contributed by atoms with Crippen LogP contribution < -0.4 is 0 Å². The van der Waals surface area contributed by atoms with Gasteiger partial charge in [-0.2, -0.15) is 0 Å². The second-order valence-corrected chi connectivity index (χ2v) is 4.25. The van der Waals surface area contributed by atoms with Crippen LogP contribution in [-0.4, -0.2) is 38.1 Å². The summed E-state index contributed by atoms with van der Waals surface area (Å²) in [6.07, 6.45) is 0.819. The Morgan fingerprint density at radius 2 is 2.30 bits per heavy atom. The maximum absolute atomic E-state index is 10.2. The van der Waals surface area contributed by atoms with E-state index in [-0.39, 0.29) is 10.2 Å². The van der Waals surface area contributed by atoms with Crippen molar-refractivity contribution in [3.05, 3.63) is 0 Å². The zero-order valence-electron chi connectivity index (χ0n) is 6.37. The van der Waals surface area contributed by atoms with Crippen LogP contribution >= 0.6 is 0 Å². The number of rotatable bonds is 4. The molecule has 2 atom stereocenters. The molecule has 0 aliphatic rings. The topological polar surface area (TPSA) is 57.5 Å². The lowest BCUT2D eigenvalue weighted by Gasteiger charge is -2.22. The Labute approximate surface area is 63.5 Å². The van der Waals surface area contributed by atoms with E-state index < -0.39 is 11.3 Å². The molecule has 3 nitrogen and oxygen atoms in total. The van der Waals surface area contributed by atoms with Crippen molar-refractivity contribution >= 4 is 16.5 Å². The monoisotopic (exact) mass is 162 g/mol. The Balaban J connectivity index is 3.90. The highest BCUT2D eigenvalue weighted by Gasteiger charge is 2.28. The standard InChI is InChI=1S/C6H14O3Si/c1-2-3-5(8)6(9,10)4-7/h4-5,8-9H,2-3H2,1,10H3. The van der Waals surface area contributed by atoms with Gasteiger partial charge < -0.3 is 15.0 Å². The lowest BCUT2D eigenvalue weighted by Crippen LogP contribution is -2.44. The maximum Gasteiger partial charge on any atom is 0.149 e. The quantitative estimate of drug-likeness (QED) is 0.387. The second kappa shape index (κ2) is 3.85. The summed E-state index contributed by atoms with van der Waals surface area (Å²) in [7, 11) is 0.284. The lowest BCUT2D eigenvalue weighted by atomic mass is 10.1. The Kier molecular flexibility index (Phi) is 3.78. The Bertz CT molecular complexity index is 114. The molecule has 0 aliphatic carbocycles. The predicted octanol–water partition coefficient (Wildman–Crippen LogP) is -1.60. The van der Waals surface area contributed by atoms with Crippen LogP contribution in [-0.2, 0) is 4.79 Å². The fourth-order valence-corrected chi connectivity index (χ4v) is 0.933. The van der Waals surface area contributed by atoms with Gasteiger partial charge in [-0.3, -0.25) is 0 Å². The summed E-state index contributed by atoms with van der Waals surface area (Å²) in [6, 6.07) is 0. The van der Waals surface area contributed by atoms with Crippen molar-refractivity contribution in [1.82, 2.24) is 0 Å². The van der Waals surface area contributed by atoms with Crippen molar-refractivity contribution in [1.29, 1.82) is 0 Å². The van der Waals surface area contributed by atoms with Gasteiger partial charge in [0.1, 0.15) is 11.5 Å². The molecule has 0 amide bonds. The minimum Gasteiger partial charge on any atom is -0.390 e. The van der Waals surface area contributed by atoms with Crippen molar-refractivity contribution in [2.45, 2.75) is 31.1 Å². The minimum absolute atomic E-state index is 0.284. The highest BCUT2D eigenvalue weighted by atomic mass is 28.1. The number of aliphatic hydroxyl groups excluding tert-OH is 1. The first-order valence-electron chi connectivity index (χ1n) is 3.41. The lowest BCUT2D eigenvalue weighted by molar-refractivity contribution is -0.125. The zero-order chi connectivity index (χ0) is 8.20. The largest absolute Gasteiger partial charge is 0.390 e. The normalized spacial score (nSPS) is 19.9. The Hall–Kier alpha value is -0.193. The summed E-state index contributed by atoms with van der Waals surface area (Å²) in [5.41, 5.74) is 0. The van der Waals surface area contributed by atoms with E-state index in [0.717, 1.165) is 6.42 Å². The van der Waals surface area contributed by atoms with Crippen LogP contribution in [0.3, 0.4) is 0 Å². The van der Waals surface area contributed by atoms with Crippen LogP contribution in [0.1, 0.15) is 19.8 Å². The van der Waals surface area contributed by atoms with E-state index in [4.69, 9.17) is 10.2 Å². The molecular formula is C6H14O3Si. The average molecular weight is 162 g/mol. The molecule has 10 heavy (non-hydrogen) atoms. The van der Waals surface area contributed by atoms with Gasteiger partial charge in [0.25, 0.3) is 0 Å². The summed E-state index contributed by atoms with van der Waals surface area (Å²) in [5, 5.41) is 16.9. The molecule has 4 heteroatoms. The van der Waals surface area contributed by atoms with Crippen LogP contribution in [0.5, 0.6) is 0 Å². The summed E-state index contributed by atoms with van der Waals surface area (Å²) < 4.78 is 0. The third-order valence-electron chi connectivity index (χ3n) is 1.48. The Morgan fingerprint density at radius 3 is 2.60 bits per heavy atom. The van der Waals surface area contributed by atoms with E-state index >= 15 is 0 Å². The molecule has 2 unspecified atom stereocenters. The summed E-state index contributed by atoms with van der Waals surface area (Å²) in [4.78, 5) is 10.2. The van der Waals surface area contributed by atoms with Gasteiger partial charge in [0, 0.05) is 0 Å². The molecule has 0 aliphatic heterocycles. The summed E-state index contributed by atoms with van der Waals surface area (Å²) in [6.45, 7) is 1.89. The fraction of sp³-hybridized carbons (Fsp3) is 0.833. The van der Waals surface area contributed by atoms with Crippen LogP contribution in [0.4, 0.5) is 0 Å². The van der Waals surface area contributed by atoms with Gasteiger partial charge in [-0.1, -0.05) is 13.3 Å². The summed E-state index contributed by atoms with van der Waals surface area (Å²) in [5.74, 6) is 0. The van der Waals surface area contributed by atoms with E-state index in [1.165, 1.54) is 0 Å². The van der Waals surface area contributed by atoms with Gasteiger partial charge in [-0.15, -0.1) is 0 Å². The van der Waals surface area contributed by atoms with Crippen molar-refractivity contribution in [2.24, 2.45) is 0 Å². The highest BCUT2D eigenvalue weighted by Crippen LogP contribution is 2.07. The van der Waals surface area contributed by atoms with Gasteiger partial charge in [-0.25, -0.2) is 0 Å². The first-order chi connectivity index (χ1) is 4.54. The number of aldehydes is 1. The SMILES string of the molecule is CCCC(O)C(O)([SiH3])C=O. The molecule has 0 aromatic carbocycles. The molecule has 0 rings (SSSR count). The molecule has 0 saturated heterocycles. The van der Waals surface area contributed by atoms with Crippen LogP contribution in [0.15, 0.2) is 0 Å². The van der Waals surface area contributed by atoms with E-state index in [1.54, 1.807) is 0 Å². The van der Waals surface area contributed by atoms with Crippen molar-refractivity contribution in [3.63, 3.8) is 0 Å². The molecule has 60 valence electrons. The van der Waals surface area contributed by atoms with Crippen LogP contribution in [0, 0.1) is 0 Å². The molecule has 0 fully saturated rings. The van der Waals surface area contributed by atoms with Crippen molar-refractivity contribution < 1.29 is 15.0 Å². The number of carbonyl (C=O) groups excluding carboxylic acids is 1. The molecule has 0 saturated carbocycles. The number of aliphatic hydroxyl groups is 2. The van der Waals surface area contributed by atoms with E-state index in [2.05, 4.69) is 0 Å². The van der Waals surface area contributed by atoms with Gasteiger partial charge in [-0.05, 0) is 6.42 Å². The second-order valence-electron chi connectivity index (χ2n) is 2.65. The highest BCUT2D eigenvalue weighted by molar-refractivity contribution is 6.23. The molecule has 0 bridgehead atoms. The third kappa shape index (κ3) is 2.59.